The molecule has 3 aromatic rings. The van der Waals surface area contributed by atoms with Crippen LogP contribution in [0.25, 0.3) is 11.0 Å². The van der Waals surface area contributed by atoms with Crippen LogP contribution in [-0.2, 0) is 9.53 Å². The lowest BCUT2D eigenvalue weighted by molar-refractivity contribution is -0.111. The van der Waals surface area contributed by atoms with Crippen molar-refractivity contribution in [2.24, 2.45) is 0 Å². The SMILES string of the molecule is C=CC(=O)Nc1cc(Oc2ncnc3[nH]c(N4CCOCC4)cc23)ccn1. The first-order valence-corrected chi connectivity index (χ1v) is 8.46. The Morgan fingerprint density at radius 3 is 2.96 bits per heavy atom. The van der Waals surface area contributed by atoms with Crippen molar-refractivity contribution in [2.45, 2.75) is 0 Å². The first kappa shape index (κ1) is 17.0. The van der Waals surface area contributed by atoms with Crippen molar-refractivity contribution in [1.82, 2.24) is 19.9 Å². The molecule has 0 spiro atoms. The molecule has 27 heavy (non-hydrogen) atoms. The van der Waals surface area contributed by atoms with E-state index in [1.165, 1.54) is 12.4 Å². The molecule has 1 fully saturated rings. The van der Waals surface area contributed by atoms with Gasteiger partial charge in [0.15, 0.2) is 0 Å². The molecule has 1 amide bonds. The van der Waals surface area contributed by atoms with Crippen LogP contribution in [0.5, 0.6) is 11.6 Å². The molecular weight excluding hydrogens is 348 g/mol. The van der Waals surface area contributed by atoms with E-state index in [1.54, 1.807) is 18.3 Å². The molecule has 138 valence electrons. The number of carbonyl (C=O) groups excluding carboxylic acids is 1. The highest BCUT2D eigenvalue weighted by atomic mass is 16.5. The van der Waals surface area contributed by atoms with Crippen LogP contribution in [0.2, 0.25) is 0 Å². The van der Waals surface area contributed by atoms with E-state index in [0.717, 1.165) is 24.3 Å². The summed E-state index contributed by atoms with van der Waals surface area (Å²) in [4.78, 5) is 29.5. The van der Waals surface area contributed by atoms with E-state index in [0.29, 0.717) is 36.3 Å². The van der Waals surface area contributed by atoms with Crippen LogP contribution in [-0.4, -0.2) is 52.1 Å². The minimum Gasteiger partial charge on any atom is -0.438 e. The van der Waals surface area contributed by atoms with Crippen LogP contribution in [0.4, 0.5) is 11.6 Å². The molecule has 2 N–H and O–H groups in total. The minimum absolute atomic E-state index is 0.343. The molecule has 3 aromatic heterocycles. The zero-order chi connectivity index (χ0) is 18.6. The zero-order valence-electron chi connectivity index (χ0n) is 14.5. The van der Waals surface area contributed by atoms with Gasteiger partial charge in [-0.3, -0.25) is 4.79 Å². The Morgan fingerprint density at radius 1 is 1.30 bits per heavy atom. The van der Waals surface area contributed by atoms with Crippen LogP contribution >= 0.6 is 0 Å². The molecule has 0 aromatic carbocycles. The number of ether oxygens (including phenoxy) is 2. The number of nitrogens with zero attached hydrogens (tertiary/aromatic N) is 4. The number of fused-ring (bicyclic) bond motifs is 1. The smallest absolute Gasteiger partial charge is 0.248 e. The van der Waals surface area contributed by atoms with Crippen LogP contribution in [0.3, 0.4) is 0 Å². The summed E-state index contributed by atoms with van der Waals surface area (Å²) in [5.74, 6) is 1.89. The number of rotatable bonds is 5. The molecule has 4 rings (SSSR count). The van der Waals surface area contributed by atoms with Gasteiger partial charge < -0.3 is 24.7 Å². The maximum Gasteiger partial charge on any atom is 0.248 e. The fourth-order valence-corrected chi connectivity index (χ4v) is 2.79. The number of aromatic amines is 1. The fraction of sp³-hybridized carbons (Fsp3) is 0.222. The van der Waals surface area contributed by atoms with Crippen molar-refractivity contribution in [1.29, 1.82) is 0 Å². The number of amides is 1. The summed E-state index contributed by atoms with van der Waals surface area (Å²) in [6, 6.07) is 5.27. The Bertz CT molecular complexity index is 980. The Morgan fingerprint density at radius 2 is 2.15 bits per heavy atom. The number of morpholine rings is 1. The van der Waals surface area contributed by atoms with Crippen LogP contribution in [0.1, 0.15) is 0 Å². The third kappa shape index (κ3) is 3.72. The third-order valence-electron chi connectivity index (χ3n) is 4.11. The largest absolute Gasteiger partial charge is 0.438 e. The highest BCUT2D eigenvalue weighted by molar-refractivity contribution is 5.98. The number of anilines is 2. The molecule has 0 bridgehead atoms. The molecule has 0 aliphatic carbocycles. The van der Waals surface area contributed by atoms with Crippen LogP contribution in [0, 0.1) is 0 Å². The van der Waals surface area contributed by atoms with Gasteiger partial charge in [0, 0.05) is 25.4 Å². The second-order valence-corrected chi connectivity index (χ2v) is 5.87. The molecule has 0 saturated carbocycles. The average Bonchev–Trinajstić information content (AvgIpc) is 3.14. The van der Waals surface area contributed by atoms with Crippen molar-refractivity contribution in [3.8, 4) is 11.6 Å². The Labute approximate surface area is 155 Å². The van der Waals surface area contributed by atoms with Crippen LogP contribution < -0.4 is 15.0 Å². The molecule has 1 saturated heterocycles. The molecule has 1 aliphatic rings. The normalized spacial score (nSPS) is 14.1. The summed E-state index contributed by atoms with van der Waals surface area (Å²) in [6.45, 7) is 6.43. The first-order chi connectivity index (χ1) is 13.2. The monoisotopic (exact) mass is 366 g/mol. The quantitative estimate of drug-likeness (QED) is 0.666. The number of hydrogen-bond donors (Lipinski definition) is 2. The lowest BCUT2D eigenvalue weighted by Gasteiger charge is -2.27. The Kier molecular flexibility index (Phi) is 4.67. The van der Waals surface area contributed by atoms with Gasteiger partial charge in [-0.15, -0.1) is 0 Å². The molecule has 0 radical (unpaired) electrons. The Balaban J connectivity index is 1.60. The summed E-state index contributed by atoms with van der Waals surface area (Å²) in [5.41, 5.74) is 0.690. The van der Waals surface area contributed by atoms with E-state index in [-0.39, 0.29) is 5.91 Å². The molecule has 4 heterocycles. The summed E-state index contributed by atoms with van der Waals surface area (Å²) in [5, 5.41) is 3.37. The molecule has 0 atom stereocenters. The highest BCUT2D eigenvalue weighted by Gasteiger charge is 2.16. The van der Waals surface area contributed by atoms with Gasteiger partial charge in [0.05, 0.1) is 18.6 Å². The number of pyridine rings is 1. The van der Waals surface area contributed by atoms with Crippen molar-refractivity contribution in [2.75, 3.05) is 36.5 Å². The standard InChI is InChI=1S/C18H18N6O3/c1-2-16(25)22-14-9-12(3-4-19-14)27-18-13-10-15(23-17(13)20-11-21-18)24-5-7-26-8-6-24/h2-4,9-11H,1,5-8H2,(H,19,22,25)(H,20,21,23). The molecule has 9 heteroatoms. The third-order valence-corrected chi connectivity index (χ3v) is 4.11. The van der Waals surface area contributed by atoms with Gasteiger partial charge >= 0.3 is 0 Å². The van der Waals surface area contributed by atoms with Crippen molar-refractivity contribution in [3.63, 3.8) is 0 Å². The average molecular weight is 366 g/mol. The van der Waals surface area contributed by atoms with E-state index in [4.69, 9.17) is 9.47 Å². The van der Waals surface area contributed by atoms with Gasteiger partial charge in [-0.1, -0.05) is 6.58 Å². The first-order valence-electron chi connectivity index (χ1n) is 8.46. The topological polar surface area (TPSA) is 105 Å². The second kappa shape index (κ2) is 7.42. The van der Waals surface area contributed by atoms with E-state index in [9.17, 15) is 4.79 Å². The van der Waals surface area contributed by atoms with Crippen molar-refractivity contribution >= 4 is 28.6 Å². The molecule has 9 nitrogen and oxygen atoms in total. The number of hydrogen-bond acceptors (Lipinski definition) is 7. The maximum atomic E-state index is 11.4. The molecule has 0 unspecified atom stereocenters. The van der Waals surface area contributed by atoms with Crippen molar-refractivity contribution in [3.05, 3.63) is 43.4 Å². The Hall–Kier alpha value is -3.46. The van der Waals surface area contributed by atoms with Crippen molar-refractivity contribution < 1.29 is 14.3 Å². The minimum atomic E-state index is -0.343. The number of nitrogens with one attached hydrogen (secondary N) is 2. The summed E-state index contributed by atoms with van der Waals surface area (Å²) in [6.07, 6.45) is 4.16. The molecular formula is C18H18N6O3. The lowest BCUT2D eigenvalue weighted by atomic mass is 10.3. The predicted octanol–water partition coefficient (Wildman–Crippen LogP) is 2.11. The maximum absolute atomic E-state index is 11.4. The number of aromatic nitrogens is 4. The fourth-order valence-electron chi connectivity index (χ4n) is 2.79. The lowest BCUT2D eigenvalue weighted by Crippen LogP contribution is -2.36. The predicted molar refractivity (Wildman–Crippen MR) is 100 cm³/mol. The number of H-pyrrole nitrogens is 1. The highest BCUT2D eigenvalue weighted by Crippen LogP contribution is 2.30. The van der Waals surface area contributed by atoms with E-state index >= 15 is 0 Å². The zero-order valence-corrected chi connectivity index (χ0v) is 14.5. The van der Waals surface area contributed by atoms with Gasteiger partial charge in [-0.2, -0.15) is 0 Å². The van der Waals surface area contributed by atoms with Crippen LogP contribution in [0.15, 0.2) is 43.4 Å². The van der Waals surface area contributed by atoms with Gasteiger partial charge in [-0.25, -0.2) is 15.0 Å². The van der Waals surface area contributed by atoms with Gasteiger partial charge in [-0.05, 0) is 18.2 Å². The second-order valence-electron chi connectivity index (χ2n) is 5.87. The molecule has 1 aliphatic heterocycles. The summed E-state index contributed by atoms with van der Waals surface area (Å²) in [7, 11) is 0. The summed E-state index contributed by atoms with van der Waals surface area (Å²) >= 11 is 0. The van der Waals surface area contributed by atoms with E-state index in [1.807, 2.05) is 6.07 Å². The number of carbonyl (C=O) groups is 1. The van der Waals surface area contributed by atoms with E-state index in [2.05, 4.69) is 36.7 Å². The summed E-state index contributed by atoms with van der Waals surface area (Å²) < 4.78 is 11.3. The van der Waals surface area contributed by atoms with Gasteiger partial charge in [0.1, 0.15) is 29.4 Å². The van der Waals surface area contributed by atoms with Gasteiger partial charge in [0.2, 0.25) is 11.8 Å². The van der Waals surface area contributed by atoms with E-state index < -0.39 is 0 Å². The van der Waals surface area contributed by atoms with Gasteiger partial charge in [0.25, 0.3) is 0 Å².